The summed E-state index contributed by atoms with van der Waals surface area (Å²) >= 11 is 0. The van der Waals surface area contributed by atoms with Crippen LogP contribution in [0, 0.1) is 22.6 Å². The number of amides is 1. The van der Waals surface area contributed by atoms with Crippen LogP contribution in [0.4, 0.5) is 10.1 Å². The molecular formula is C13H14FN3O. The first-order valence-electron chi connectivity index (χ1n) is 5.82. The SMILES string of the molecule is N#Cc1cc(NC(=O)C2(CN)CCC2)ccc1F. The maximum Gasteiger partial charge on any atom is 0.231 e. The summed E-state index contributed by atoms with van der Waals surface area (Å²) in [7, 11) is 0. The number of halogens is 1. The number of nitrogens with one attached hydrogen (secondary N) is 1. The first-order chi connectivity index (χ1) is 8.61. The van der Waals surface area contributed by atoms with E-state index >= 15 is 0 Å². The molecule has 94 valence electrons. The smallest absolute Gasteiger partial charge is 0.231 e. The van der Waals surface area contributed by atoms with Crippen molar-refractivity contribution in [3.05, 3.63) is 29.6 Å². The van der Waals surface area contributed by atoms with Crippen molar-refractivity contribution >= 4 is 11.6 Å². The van der Waals surface area contributed by atoms with E-state index in [4.69, 9.17) is 11.0 Å². The molecule has 0 radical (unpaired) electrons. The summed E-state index contributed by atoms with van der Waals surface area (Å²) < 4.78 is 13.1. The highest BCUT2D eigenvalue weighted by molar-refractivity contribution is 5.96. The third-order valence-corrected chi connectivity index (χ3v) is 3.53. The number of nitrogens with two attached hydrogens (primary N) is 1. The second kappa shape index (κ2) is 4.75. The fourth-order valence-corrected chi connectivity index (χ4v) is 2.08. The molecule has 3 N–H and O–H groups in total. The lowest BCUT2D eigenvalue weighted by atomic mass is 9.68. The predicted molar refractivity (Wildman–Crippen MR) is 65.1 cm³/mol. The maximum absolute atomic E-state index is 13.1. The van der Waals surface area contributed by atoms with E-state index < -0.39 is 11.2 Å². The molecule has 0 bridgehead atoms. The number of anilines is 1. The molecule has 1 aromatic rings. The lowest BCUT2D eigenvalue weighted by Crippen LogP contribution is -2.47. The van der Waals surface area contributed by atoms with Crippen LogP contribution in [0.5, 0.6) is 0 Å². The zero-order valence-electron chi connectivity index (χ0n) is 9.87. The molecule has 0 atom stereocenters. The Hall–Kier alpha value is -1.93. The summed E-state index contributed by atoms with van der Waals surface area (Å²) in [5.41, 5.74) is 5.49. The molecule has 2 rings (SSSR count). The van der Waals surface area contributed by atoms with E-state index in [-0.39, 0.29) is 11.5 Å². The molecule has 1 saturated carbocycles. The Kier molecular flexibility index (Phi) is 3.30. The van der Waals surface area contributed by atoms with Crippen LogP contribution in [0.3, 0.4) is 0 Å². The van der Waals surface area contributed by atoms with E-state index in [1.807, 2.05) is 0 Å². The van der Waals surface area contributed by atoms with Crippen LogP contribution in [0.1, 0.15) is 24.8 Å². The van der Waals surface area contributed by atoms with Gasteiger partial charge in [0.05, 0.1) is 11.0 Å². The van der Waals surface area contributed by atoms with Crippen molar-refractivity contribution in [3.63, 3.8) is 0 Å². The van der Waals surface area contributed by atoms with Gasteiger partial charge in [-0.25, -0.2) is 4.39 Å². The summed E-state index contributed by atoms with van der Waals surface area (Å²) in [6.07, 6.45) is 2.56. The van der Waals surface area contributed by atoms with Gasteiger partial charge in [-0.15, -0.1) is 0 Å². The number of hydrogen-bond acceptors (Lipinski definition) is 3. The highest BCUT2D eigenvalue weighted by atomic mass is 19.1. The molecule has 1 aliphatic rings. The van der Waals surface area contributed by atoms with Gasteiger partial charge < -0.3 is 11.1 Å². The molecular weight excluding hydrogens is 233 g/mol. The molecule has 1 fully saturated rings. The molecule has 0 unspecified atom stereocenters. The van der Waals surface area contributed by atoms with Gasteiger partial charge in [0, 0.05) is 12.2 Å². The van der Waals surface area contributed by atoms with Crippen LogP contribution in [0.15, 0.2) is 18.2 Å². The lowest BCUT2D eigenvalue weighted by Gasteiger charge is -2.39. The largest absolute Gasteiger partial charge is 0.329 e. The Morgan fingerprint density at radius 1 is 1.56 bits per heavy atom. The van der Waals surface area contributed by atoms with Crippen LogP contribution in [-0.4, -0.2) is 12.5 Å². The number of hydrogen-bond donors (Lipinski definition) is 2. The van der Waals surface area contributed by atoms with Crippen LogP contribution in [-0.2, 0) is 4.79 Å². The minimum atomic E-state index is -0.590. The van der Waals surface area contributed by atoms with Crippen molar-refractivity contribution in [2.24, 2.45) is 11.1 Å². The molecule has 1 amide bonds. The summed E-state index contributed by atoms with van der Waals surface area (Å²) in [6, 6.07) is 5.68. The van der Waals surface area contributed by atoms with Crippen LogP contribution < -0.4 is 11.1 Å². The summed E-state index contributed by atoms with van der Waals surface area (Å²) in [4.78, 5) is 12.1. The lowest BCUT2D eigenvalue weighted by molar-refractivity contribution is -0.129. The van der Waals surface area contributed by atoms with Gasteiger partial charge in [0.1, 0.15) is 11.9 Å². The molecule has 0 heterocycles. The van der Waals surface area contributed by atoms with E-state index in [0.29, 0.717) is 12.2 Å². The molecule has 0 saturated heterocycles. The molecule has 5 heteroatoms. The topological polar surface area (TPSA) is 78.9 Å². The number of benzene rings is 1. The second-order valence-corrected chi connectivity index (χ2v) is 4.60. The van der Waals surface area contributed by atoms with Crippen molar-refractivity contribution in [2.75, 3.05) is 11.9 Å². The summed E-state index contributed by atoms with van der Waals surface area (Å²) in [5.74, 6) is -0.737. The van der Waals surface area contributed by atoms with Gasteiger partial charge in [-0.05, 0) is 31.0 Å². The van der Waals surface area contributed by atoms with Gasteiger partial charge in [-0.3, -0.25) is 4.79 Å². The maximum atomic E-state index is 13.1. The zero-order valence-corrected chi connectivity index (χ0v) is 9.87. The van der Waals surface area contributed by atoms with E-state index in [2.05, 4.69) is 5.32 Å². The Balaban J connectivity index is 2.15. The summed E-state index contributed by atoms with van der Waals surface area (Å²) in [6.45, 7) is 0.311. The minimum absolute atomic E-state index is 0.0804. The Bertz CT molecular complexity index is 512. The zero-order chi connectivity index (χ0) is 13.2. The number of rotatable bonds is 3. The standard InChI is InChI=1S/C13H14FN3O/c14-11-3-2-10(6-9(11)7-15)17-12(18)13(8-16)4-1-5-13/h2-3,6H,1,4-5,8,16H2,(H,17,18). The molecule has 4 nitrogen and oxygen atoms in total. The van der Waals surface area contributed by atoms with Crippen LogP contribution >= 0.6 is 0 Å². The van der Waals surface area contributed by atoms with Crippen molar-refractivity contribution in [2.45, 2.75) is 19.3 Å². The molecule has 1 aliphatic carbocycles. The predicted octanol–water partition coefficient (Wildman–Crippen LogP) is 1.76. The normalized spacial score (nSPS) is 16.5. The average Bonchev–Trinajstić information content (AvgIpc) is 2.31. The molecule has 1 aromatic carbocycles. The summed E-state index contributed by atoms with van der Waals surface area (Å²) in [5, 5.41) is 11.4. The number of carbonyl (C=O) groups is 1. The van der Waals surface area contributed by atoms with Gasteiger partial charge in [-0.1, -0.05) is 6.42 Å². The van der Waals surface area contributed by atoms with Gasteiger partial charge >= 0.3 is 0 Å². The average molecular weight is 247 g/mol. The number of carbonyl (C=O) groups excluding carboxylic acids is 1. The van der Waals surface area contributed by atoms with Gasteiger partial charge in [-0.2, -0.15) is 5.26 Å². The van der Waals surface area contributed by atoms with Crippen LogP contribution in [0.2, 0.25) is 0 Å². The van der Waals surface area contributed by atoms with Crippen molar-refractivity contribution in [3.8, 4) is 6.07 Å². The van der Waals surface area contributed by atoms with E-state index in [1.54, 1.807) is 6.07 Å². The molecule has 0 aliphatic heterocycles. The minimum Gasteiger partial charge on any atom is -0.329 e. The van der Waals surface area contributed by atoms with Crippen molar-refractivity contribution < 1.29 is 9.18 Å². The third-order valence-electron chi connectivity index (χ3n) is 3.53. The van der Waals surface area contributed by atoms with Crippen LogP contribution in [0.25, 0.3) is 0 Å². The first-order valence-corrected chi connectivity index (χ1v) is 5.82. The van der Waals surface area contributed by atoms with Gasteiger partial charge in [0.15, 0.2) is 0 Å². The first kappa shape index (κ1) is 12.5. The highest BCUT2D eigenvalue weighted by Gasteiger charge is 2.42. The fraction of sp³-hybridized carbons (Fsp3) is 0.385. The van der Waals surface area contributed by atoms with E-state index in [0.717, 1.165) is 19.3 Å². The van der Waals surface area contributed by atoms with E-state index in [1.165, 1.54) is 18.2 Å². The molecule has 0 spiro atoms. The number of nitriles is 1. The fourth-order valence-electron chi connectivity index (χ4n) is 2.08. The number of nitrogens with zero attached hydrogens (tertiary/aromatic N) is 1. The quantitative estimate of drug-likeness (QED) is 0.854. The monoisotopic (exact) mass is 247 g/mol. The Morgan fingerprint density at radius 2 is 2.28 bits per heavy atom. The molecule has 18 heavy (non-hydrogen) atoms. The second-order valence-electron chi connectivity index (χ2n) is 4.60. The van der Waals surface area contributed by atoms with E-state index in [9.17, 15) is 9.18 Å². The van der Waals surface area contributed by atoms with Gasteiger partial charge in [0.25, 0.3) is 0 Å². The van der Waals surface area contributed by atoms with Crippen molar-refractivity contribution in [1.82, 2.24) is 0 Å². The van der Waals surface area contributed by atoms with Crippen molar-refractivity contribution in [1.29, 1.82) is 5.26 Å². The Morgan fingerprint density at radius 3 is 2.78 bits per heavy atom. The van der Waals surface area contributed by atoms with Gasteiger partial charge in [0.2, 0.25) is 5.91 Å². The Labute approximate surface area is 105 Å². The molecule has 0 aromatic heterocycles. The third kappa shape index (κ3) is 2.07. The highest BCUT2D eigenvalue weighted by Crippen LogP contribution is 2.40.